The molecule has 0 spiro atoms. The fraction of sp³-hybridized carbons (Fsp3) is 1.00. The van der Waals surface area contributed by atoms with E-state index in [1.165, 1.54) is 37.2 Å². The molecule has 0 radical (unpaired) electrons. The molecule has 1 aliphatic rings. The second-order valence-corrected chi connectivity index (χ2v) is 4.45. The summed E-state index contributed by atoms with van der Waals surface area (Å²) < 4.78 is 0. The van der Waals surface area contributed by atoms with E-state index < -0.39 is 0 Å². The van der Waals surface area contributed by atoms with Crippen LogP contribution in [0.2, 0.25) is 0 Å². The summed E-state index contributed by atoms with van der Waals surface area (Å²) >= 11 is 2.04. The van der Waals surface area contributed by atoms with Crippen LogP contribution in [0, 0.1) is 0 Å². The topological polar surface area (TPSA) is 26.0 Å². The van der Waals surface area contributed by atoms with Gasteiger partial charge in [-0.2, -0.15) is 11.8 Å². The molecule has 0 aromatic carbocycles. The summed E-state index contributed by atoms with van der Waals surface area (Å²) in [5.74, 6) is 2.57. The highest BCUT2D eigenvalue weighted by Gasteiger charge is 2.36. The lowest BCUT2D eigenvalue weighted by Crippen LogP contribution is -2.22. The molecular formula is C8H17NS. The van der Waals surface area contributed by atoms with Crippen molar-refractivity contribution in [2.24, 2.45) is 5.73 Å². The van der Waals surface area contributed by atoms with Gasteiger partial charge in [-0.3, -0.25) is 0 Å². The molecule has 0 aromatic heterocycles. The number of hydrogen-bond acceptors (Lipinski definition) is 2. The van der Waals surface area contributed by atoms with E-state index in [4.69, 9.17) is 5.73 Å². The van der Waals surface area contributed by atoms with Gasteiger partial charge >= 0.3 is 0 Å². The van der Waals surface area contributed by atoms with E-state index in [-0.39, 0.29) is 5.54 Å². The maximum atomic E-state index is 5.92. The van der Waals surface area contributed by atoms with Gasteiger partial charge in [0, 0.05) is 5.54 Å². The maximum Gasteiger partial charge on any atom is 0.0163 e. The largest absolute Gasteiger partial charge is 0.325 e. The standard InChI is InChI=1S/C8H17NS/c1-2-6-10-7-5-8(9)3-4-8/h2-7,9H2,1H3. The van der Waals surface area contributed by atoms with Gasteiger partial charge < -0.3 is 5.73 Å². The van der Waals surface area contributed by atoms with Gasteiger partial charge in [0.2, 0.25) is 0 Å². The Hall–Kier alpha value is 0.310. The van der Waals surface area contributed by atoms with Crippen molar-refractivity contribution in [3.63, 3.8) is 0 Å². The number of nitrogens with two attached hydrogens (primary N) is 1. The number of hydrogen-bond donors (Lipinski definition) is 1. The fourth-order valence-electron chi connectivity index (χ4n) is 0.932. The molecule has 60 valence electrons. The van der Waals surface area contributed by atoms with Crippen LogP contribution in [0.3, 0.4) is 0 Å². The first-order valence-corrected chi connectivity index (χ1v) is 5.29. The van der Waals surface area contributed by atoms with Crippen LogP contribution >= 0.6 is 11.8 Å². The minimum atomic E-state index is 0.279. The molecule has 1 rings (SSSR count). The van der Waals surface area contributed by atoms with Crippen LogP contribution in [-0.4, -0.2) is 17.0 Å². The molecule has 2 heteroatoms. The molecule has 0 saturated heterocycles. The van der Waals surface area contributed by atoms with Gasteiger partial charge in [0.15, 0.2) is 0 Å². The Labute approximate surface area is 67.8 Å². The van der Waals surface area contributed by atoms with E-state index in [0.717, 1.165) is 0 Å². The first kappa shape index (κ1) is 8.41. The molecule has 0 aliphatic heterocycles. The maximum absolute atomic E-state index is 5.92. The third-order valence-electron chi connectivity index (χ3n) is 1.98. The van der Waals surface area contributed by atoms with Gasteiger partial charge in [-0.15, -0.1) is 0 Å². The van der Waals surface area contributed by atoms with Gasteiger partial charge in [0.25, 0.3) is 0 Å². The van der Waals surface area contributed by atoms with Crippen molar-refractivity contribution >= 4 is 11.8 Å². The second kappa shape index (κ2) is 3.63. The molecule has 0 amide bonds. The zero-order chi connectivity index (χ0) is 7.45. The number of thioether (sulfide) groups is 1. The molecule has 1 fully saturated rings. The third-order valence-corrected chi connectivity index (χ3v) is 3.17. The first-order valence-electron chi connectivity index (χ1n) is 4.13. The summed E-state index contributed by atoms with van der Waals surface area (Å²) in [6, 6.07) is 0. The van der Waals surface area contributed by atoms with Crippen molar-refractivity contribution in [2.75, 3.05) is 11.5 Å². The lowest BCUT2D eigenvalue weighted by Gasteiger charge is -2.06. The molecule has 2 N–H and O–H groups in total. The molecule has 0 unspecified atom stereocenters. The summed E-state index contributed by atoms with van der Waals surface area (Å²) in [5.41, 5.74) is 6.19. The Balaban J connectivity index is 1.86. The highest BCUT2D eigenvalue weighted by molar-refractivity contribution is 7.99. The summed E-state index contributed by atoms with van der Waals surface area (Å²) in [5, 5.41) is 0. The first-order chi connectivity index (χ1) is 4.77. The van der Waals surface area contributed by atoms with E-state index in [0.29, 0.717) is 0 Å². The molecule has 1 aliphatic carbocycles. The Kier molecular flexibility index (Phi) is 3.05. The van der Waals surface area contributed by atoms with E-state index in [2.05, 4.69) is 6.92 Å². The van der Waals surface area contributed by atoms with Gasteiger partial charge in [0.1, 0.15) is 0 Å². The smallest absolute Gasteiger partial charge is 0.0163 e. The van der Waals surface area contributed by atoms with Crippen LogP contribution in [0.15, 0.2) is 0 Å². The van der Waals surface area contributed by atoms with Crippen molar-refractivity contribution in [1.82, 2.24) is 0 Å². The van der Waals surface area contributed by atoms with E-state index >= 15 is 0 Å². The second-order valence-electron chi connectivity index (χ2n) is 3.22. The van der Waals surface area contributed by atoms with Gasteiger partial charge in [-0.05, 0) is 37.2 Å². The van der Waals surface area contributed by atoms with Crippen molar-refractivity contribution < 1.29 is 0 Å². The Morgan fingerprint density at radius 1 is 1.40 bits per heavy atom. The van der Waals surface area contributed by atoms with Crippen LogP contribution in [0.5, 0.6) is 0 Å². The summed E-state index contributed by atoms with van der Waals surface area (Å²) in [7, 11) is 0. The molecule has 0 heterocycles. The van der Waals surface area contributed by atoms with Crippen molar-refractivity contribution in [3.8, 4) is 0 Å². The summed E-state index contributed by atoms with van der Waals surface area (Å²) in [4.78, 5) is 0. The van der Waals surface area contributed by atoms with Gasteiger partial charge in [-0.25, -0.2) is 0 Å². The van der Waals surface area contributed by atoms with E-state index in [1.807, 2.05) is 11.8 Å². The minimum Gasteiger partial charge on any atom is -0.325 e. The van der Waals surface area contributed by atoms with Crippen LogP contribution in [0.25, 0.3) is 0 Å². The Morgan fingerprint density at radius 2 is 2.10 bits per heavy atom. The normalized spacial score (nSPS) is 21.0. The Morgan fingerprint density at radius 3 is 2.60 bits per heavy atom. The molecule has 0 aromatic rings. The van der Waals surface area contributed by atoms with Gasteiger partial charge in [-0.1, -0.05) is 6.92 Å². The zero-order valence-electron chi connectivity index (χ0n) is 6.73. The monoisotopic (exact) mass is 159 g/mol. The summed E-state index contributed by atoms with van der Waals surface area (Å²) in [6.45, 7) is 2.22. The Bertz CT molecular complexity index is 99.4. The molecule has 10 heavy (non-hydrogen) atoms. The predicted octanol–water partition coefficient (Wildman–Crippen LogP) is 2.01. The molecule has 1 saturated carbocycles. The minimum absolute atomic E-state index is 0.279. The third kappa shape index (κ3) is 2.93. The number of rotatable bonds is 5. The van der Waals surface area contributed by atoms with Gasteiger partial charge in [0.05, 0.1) is 0 Å². The predicted molar refractivity (Wildman–Crippen MR) is 48.4 cm³/mol. The van der Waals surface area contributed by atoms with E-state index in [9.17, 15) is 0 Å². The van der Waals surface area contributed by atoms with Crippen molar-refractivity contribution in [3.05, 3.63) is 0 Å². The summed E-state index contributed by atoms with van der Waals surface area (Å²) in [6.07, 6.45) is 5.05. The van der Waals surface area contributed by atoms with Crippen LogP contribution in [-0.2, 0) is 0 Å². The molecule has 1 nitrogen and oxygen atoms in total. The lowest BCUT2D eigenvalue weighted by atomic mass is 10.2. The lowest BCUT2D eigenvalue weighted by molar-refractivity contribution is 0.656. The fourth-order valence-corrected chi connectivity index (χ4v) is 1.98. The van der Waals surface area contributed by atoms with Crippen molar-refractivity contribution in [2.45, 2.75) is 38.1 Å². The van der Waals surface area contributed by atoms with Crippen LogP contribution in [0.4, 0.5) is 0 Å². The molecule has 0 bridgehead atoms. The highest BCUT2D eigenvalue weighted by Crippen LogP contribution is 2.36. The SMILES string of the molecule is CCCSCCC1(N)CC1. The van der Waals surface area contributed by atoms with Crippen LogP contribution in [0.1, 0.15) is 32.6 Å². The average Bonchev–Trinajstić information content (AvgIpc) is 2.62. The van der Waals surface area contributed by atoms with E-state index in [1.54, 1.807) is 0 Å². The van der Waals surface area contributed by atoms with Crippen LogP contribution < -0.4 is 5.73 Å². The van der Waals surface area contributed by atoms with Crippen molar-refractivity contribution in [1.29, 1.82) is 0 Å². The average molecular weight is 159 g/mol. The zero-order valence-corrected chi connectivity index (χ0v) is 7.54. The highest BCUT2D eigenvalue weighted by atomic mass is 32.2. The molecular weight excluding hydrogens is 142 g/mol. The quantitative estimate of drug-likeness (QED) is 0.621. The molecule has 0 atom stereocenters.